The van der Waals surface area contributed by atoms with E-state index in [9.17, 15) is 4.79 Å². The SMILES string of the molecule is CCOC(=O)c1nnncc1C1CC1. The van der Waals surface area contributed by atoms with Crippen molar-refractivity contribution in [2.24, 2.45) is 0 Å². The van der Waals surface area contributed by atoms with E-state index in [-0.39, 0.29) is 0 Å². The molecule has 0 radical (unpaired) electrons. The predicted octanol–water partition coefficient (Wildman–Crippen LogP) is 0.926. The van der Waals surface area contributed by atoms with Crippen molar-refractivity contribution >= 4 is 5.97 Å². The van der Waals surface area contributed by atoms with Gasteiger partial charge < -0.3 is 4.74 Å². The van der Waals surface area contributed by atoms with E-state index in [0.717, 1.165) is 18.4 Å². The van der Waals surface area contributed by atoms with Crippen LogP contribution >= 0.6 is 0 Å². The molecule has 0 bridgehead atoms. The van der Waals surface area contributed by atoms with Gasteiger partial charge in [0.2, 0.25) is 0 Å². The third-order valence-electron chi connectivity index (χ3n) is 2.15. The zero-order valence-corrected chi connectivity index (χ0v) is 7.93. The van der Waals surface area contributed by atoms with Crippen molar-refractivity contribution in [1.82, 2.24) is 15.4 Å². The number of carbonyl (C=O) groups is 1. The number of ether oxygens (including phenoxy) is 1. The summed E-state index contributed by atoms with van der Waals surface area (Å²) in [6, 6.07) is 0. The molecule has 1 heterocycles. The van der Waals surface area contributed by atoms with Crippen molar-refractivity contribution in [3.05, 3.63) is 17.5 Å². The van der Waals surface area contributed by atoms with Crippen molar-refractivity contribution < 1.29 is 9.53 Å². The topological polar surface area (TPSA) is 65.0 Å². The third kappa shape index (κ3) is 1.71. The molecule has 5 nitrogen and oxygen atoms in total. The number of aromatic nitrogens is 3. The van der Waals surface area contributed by atoms with Gasteiger partial charge in [0.1, 0.15) is 0 Å². The van der Waals surface area contributed by atoms with Crippen LogP contribution in [0.25, 0.3) is 0 Å². The third-order valence-corrected chi connectivity index (χ3v) is 2.15. The van der Waals surface area contributed by atoms with Gasteiger partial charge in [-0.1, -0.05) is 0 Å². The number of rotatable bonds is 3. The summed E-state index contributed by atoms with van der Waals surface area (Å²) < 4.78 is 4.88. The first-order valence-electron chi connectivity index (χ1n) is 4.68. The zero-order valence-electron chi connectivity index (χ0n) is 7.93. The minimum Gasteiger partial charge on any atom is -0.461 e. The second-order valence-electron chi connectivity index (χ2n) is 3.23. The Morgan fingerprint density at radius 2 is 2.43 bits per heavy atom. The molecule has 0 aliphatic heterocycles. The summed E-state index contributed by atoms with van der Waals surface area (Å²) in [6.07, 6.45) is 3.80. The lowest BCUT2D eigenvalue weighted by molar-refractivity contribution is 0.0516. The summed E-state index contributed by atoms with van der Waals surface area (Å²) in [7, 11) is 0. The van der Waals surface area contributed by atoms with Gasteiger partial charge in [0.25, 0.3) is 0 Å². The van der Waals surface area contributed by atoms with Gasteiger partial charge in [-0.25, -0.2) is 4.79 Å². The molecule has 0 aromatic carbocycles. The minimum atomic E-state index is -0.399. The molecule has 2 rings (SSSR count). The molecule has 0 atom stereocenters. The number of hydrogen-bond donors (Lipinski definition) is 0. The maximum absolute atomic E-state index is 11.4. The van der Waals surface area contributed by atoms with Crippen LogP contribution in [0, 0.1) is 0 Å². The molecule has 74 valence electrons. The lowest BCUT2D eigenvalue weighted by atomic mass is 10.1. The zero-order chi connectivity index (χ0) is 9.97. The number of carbonyl (C=O) groups excluding carboxylic acids is 1. The summed E-state index contributed by atoms with van der Waals surface area (Å²) in [6.45, 7) is 2.12. The summed E-state index contributed by atoms with van der Waals surface area (Å²) in [4.78, 5) is 11.4. The van der Waals surface area contributed by atoms with Crippen molar-refractivity contribution in [3.63, 3.8) is 0 Å². The molecule has 14 heavy (non-hydrogen) atoms. The molecule has 1 saturated carbocycles. The van der Waals surface area contributed by atoms with Crippen LogP contribution in [0.4, 0.5) is 0 Å². The first-order valence-corrected chi connectivity index (χ1v) is 4.68. The smallest absolute Gasteiger partial charge is 0.359 e. The lowest BCUT2D eigenvalue weighted by Crippen LogP contribution is -2.12. The standard InChI is InChI=1S/C9H11N3O2/c1-2-14-9(13)8-7(6-3-4-6)5-10-12-11-8/h5-6H,2-4H2,1H3. The van der Waals surface area contributed by atoms with Gasteiger partial charge in [-0.15, -0.1) is 10.2 Å². The normalized spacial score (nSPS) is 15.2. The molecule has 0 amide bonds. The fourth-order valence-electron chi connectivity index (χ4n) is 1.33. The quantitative estimate of drug-likeness (QED) is 0.668. The van der Waals surface area contributed by atoms with Gasteiger partial charge in [0, 0.05) is 5.56 Å². The molecule has 0 N–H and O–H groups in total. The minimum absolute atomic E-state index is 0.323. The van der Waals surface area contributed by atoms with Crippen LogP contribution in [-0.2, 0) is 4.74 Å². The van der Waals surface area contributed by atoms with E-state index >= 15 is 0 Å². The molecule has 1 aromatic heterocycles. The maximum atomic E-state index is 11.4. The predicted molar refractivity (Wildman–Crippen MR) is 47.8 cm³/mol. The number of esters is 1. The molecule has 0 saturated heterocycles. The molecule has 1 aliphatic rings. The van der Waals surface area contributed by atoms with Gasteiger partial charge in [-0.05, 0) is 30.9 Å². The van der Waals surface area contributed by atoms with Crippen LogP contribution < -0.4 is 0 Å². The highest BCUT2D eigenvalue weighted by molar-refractivity contribution is 5.88. The molecule has 1 aliphatic carbocycles. The number of hydrogen-bond acceptors (Lipinski definition) is 5. The van der Waals surface area contributed by atoms with E-state index in [1.807, 2.05) is 0 Å². The second-order valence-corrected chi connectivity index (χ2v) is 3.23. The Kier molecular flexibility index (Phi) is 2.39. The van der Waals surface area contributed by atoms with Crippen LogP contribution in [-0.4, -0.2) is 28.0 Å². The maximum Gasteiger partial charge on any atom is 0.359 e. The van der Waals surface area contributed by atoms with Crippen LogP contribution in [0.5, 0.6) is 0 Å². The average molecular weight is 193 g/mol. The highest BCUT2D eigenvalue weighted by Crippen LogP contribution is 2.40. The average Bonchev–Trinajstić information content (AvgIpc) is 3.01. The molecule has 0 unspecified atom stereocenters. The fraction of sp³-hybridized carbons (Fsp3) is 0.556. The van der Waals surface area contributed by atoms with Crippen LogP contribution in [0.1, 0.15) is 41.7 Å². The van der Waals surface area contributed by atoms with E-state index in [1.54, 1.807) is 13.1 Å². The van der Waals surface area contributed by atoms with Crippen molar-refractivity contribution in [2.45, 2.75) is 25.7 Å². The van der Waals surface area contributed by atoms with Gasteiger partial charge >= 0.3 is 5.97 Å². The summed E-state index contributed by atoms with van der Waals surface area (Å²) in [5.74, 6) is 0.0294. The first-order chi connectivity index (χ1) is 6.83. The molecule has 0 spiro atoms. The van der Waals surface area contributed by atoms with Crippen LogP contribution in [0.2, 0.25) is 0 Å². The Hall–Kier alpha value is -1.52. The van der Waals surface area contributed by atoms with E-state index in [2.05, 4.69) is 15.4 Å². The van der Waals surface area contributed by atoms with E-state index < -0.39 is 5.97 Å². The highest BCUT2D eigenvalue weighted by atomic mass is 16.5. The first kappa shape index (κ1) is 9.05. The van der Waals surface area contributed by atoms with E-state index in [0.29, 0.717) is 18.2 Å². The largest absolute Gasteiger partial charge is 0.461 e. The molecule has 1 fully saturated rings. The van der Waals surface area contributed by atoms with Gasteiger partial charge in [-0.2, -0.15) is 0 Å². The van der Waals surface area contributed by atoms with Gasteiger partial charge in [-0.3, -0.25) is 0 Å². The Bertz CT molecular complexity index is 350. The Balaban J connectivity index is 2.26. The molecule has 1 aromatic rings. The van der Waals surface area contributed by atoms with Crippen molar-refractivity contribution in [2.75, 3.05) is 6.61 Å². The second kappa shape index (κ2) is 3.69. The van der Waals surface area contributed by atoms with Crippen LogP contribution in [0.3, 0.4) is 0 Å². The Labute approximate surface area is 81.5 Å². The molecular weight excluding hydrogens is 182 g/mol. The molecule has 5 heteroatoms. The lowest BCUT2D eigenvalue weighted by Gasteiger charge is -2.03. The summed E-state index contributed by atoms with van der Waals surface area (Å²) >= 11 is 0. The van der Waals surface area contributed by atoms with Crippen molar-refractivity contribution in [1.29, 1.82) is 0 Å². The van der Waals surface area contributed by atoms with E-state index in [1.165, 1.54) is 0 Å². The van der Waals surface area contributed by atoms with E-state index in [4.69, 9.17) is 4.74 Å². The number of nitrogens with zero attached hydrogens (tertiary/aromatic N) is 3. The monoisotopic (exact) mass is 193 g/mol. The summed E-state index contributed by atoms with van der Waals surface area (Å²) in [5, 5.41) is 10.9. The van der Waals surface area contributed by atoms with Crippen LogP contribution in [0.15, 0.2) is 6.20 Å². The Morgan fingerprint density at radius 1 is 1.64 bits per heavy atom. The van der Waals surface area contributed by atoms with Gasteiger partial charge in [0.05, 0.1) is 12.8 Å². The summed E-state index contributed by atoms with van der Waals surface area (Å²) in [5.41, 5.74) is 1.20. The Morgan fingerprint density at radius 3 is 3.07 bits per heavy atom. The van der Waals surface area contributed by atoms with Gasteiger partial charge in [0.15, 0.2) is 5.69 Å². The molecular formula is C9H11N3O2. The van der Waals surface area contributed by atoms with Crippen molar-refractivity contribution in [3.8, 4) is 0 Å². The fourth-order valence-corrected chi connectivity index (χ4v) is 1.33. The highest BCUT2D eigenvalue weighted by Gasteiger charge is 2.30.